The second-order valence-electron chi connectivity index (χ2n) is 6.73. The summed E-state index contributed by atoms with van der Waals surface area (Å²) in [7, 11) is 0. The van der Waals surface area contributed by atoms with Crippen LogP contribution in [0.15, 0.2) is 64.1 Å². The van der Waals surface area contributed by atoms with Crippen LogP contribution in [0.5, 0.6) is 0 Å². The molecular weight excluding hydrogens is 357 g/mol. The zero-order chi connectivity index (χ0) is 19.2. The number of morpholine rings is 1. The number of ether oxygens (including phenoxy) is 1. The van der Waals surface area contributed by atoms with Crippen LogP contribution in [0.3, 0.4) is 0 Å². The van der Waals surface area contributed by atoms with E-state index in [1.54, 1.807) is 18.5 Å². The fourth-order valence-corrected chi connectivity index (χ4v) is 3.13. The number of hydrogen-bond donors (Lipinski definition) is 0. The van der Waals surface area contributed by atoms with Crippen LogP contribution in [-0.4, -0.2) is 42.7 Å². The molecule has 2 aromatic carbocycles. The molecule has 0 radical (unpaired) electrons. The third-order valence-corrected chi connectivity index (χ3v) is 4.75. The Morgan fingerprint density at radius 2 is 1.82 bits per heavy atom. The summed E-state index contributed by atoms with van der Waals surface area (Å²) in [4.78, 5) is 6.44. The summed E-state index contributed by atoms with van der Waals surface area (Å²) in [6.45, 7) is 3.13. The fourth-order valence-electron chi connectivity index (χ4n) is 3.13. The van der Waals surface area contributed by atoms with Crippen molar-refractivity contribution in [1.29, 1.82) is 0 Å². The van der Waals surface area contributed by atoms with Crippen LogP contribution in [0.4, 0.5) is 10.3 Å². The van der Waals surface area contributed by atoms with Gasteiger partial charge in [0, 0.05) is 24.7 Å². The van der Waals surface area contributed by atoms with E-state index < -0.39 is 0 Å². The average molecular weight is 379 g/mol. The quantitative estimate of drug-likeness (QED) is 0.474. The van der Waals surface area contributed by atoms with Crippen molar-refractivity contribution < 1.29 is 13.7 Å². The zero-order valence-electron chi connectivity index (χ0n) is 15.6. The van der Waals surface area contributed by atoms with Gasteiger partial charge < -0.3 is 14.2 Å². The molecule has 3 aromatic rings. The Labute approximate surface area is 163 Å². The van der Waals surface area contributed by atoms with E-state index in [0.717, 1.165) is 50.4 Å². The van der Waals surface area contributed by atoms with Crippen molar-refractivity contribution in [3.63, 3.8) is 0 Å². The first-order valence-corrected chi connectivity index (χ1v) is 9.43. The van der Waals surface area contributed by atoms with Crippen LogP contribution in [-0.2, 0) is 17.6 Å². The van der Waals surface area contributed by atoms with Crippen LogP contribution in [0.1, 0.15) is 11.3 Å². The van der Waals surface area contributed by atoms with Gasteiger partial charge in [-0.1, -0.05) is 47.6 Å². The summed E-state index contributed by atoms with van der Waals surface area (Å²) in [6.07, 6.45) is 3.38. The Hall–Kier alpha value is -2.99. The molecule has 144 valence electrons. The molecule has 1 fully saturated rings. The van der Waals surface area contributed by atoms with Crippen molar-refractivity contribution in [1.82, 2.24) is 10.1 Å². The maximum Gasteiger partial charge on any atom is 0.252 e. The summed E-state index contributed by atoms with van der Waals surface area (Å²) in [6, 6.07) is 16.6. The van der Waals surface area contributed by atoms with Crippen molar-refractivity contribution in [3.05, 3.63) is 71.7 Å². The molecule has 4 rings (SSSR count). The lowest BCUT2D eigenvalue weighted by atomic mass is 10.0. The van der Waals surface area contributed by atoms with Gasteiger partial charge in [0.05, 0.1) is 25.2 Å². The summed E-state index contributed by atoms with van der Waals surface area (Å²) >= 11 is 0. The maximum absolute atomic E-state index is 13.9. The molecule has 0 bridgehead atoms. The highest BCUT2D eigenvalue weighted by Gasteiger charge is 2.08. The summed E-state index contributed by atoms with van der Waals surface area (Å²) in [5, 5.41) is 4.09. The minimum absolute atomic E-state index is 0.206. The molecule has 28 heavy (non-hydrogen) atoms. The smallest absolute Gasteiger partial charge is 0.252 e. The molecule has 0 N–H and O–H groups in total. The molecule has 1 aliphatic heterocycles. The van der Waals surface area contributed by atoms with E-state index in [1.807, 2.05) is 36.4 Å². The number of nitrogens with zero attached hydrogens (tertiary/aromatic N) is 3. The SMILES string of the molecule is Fc1ccccc1-c1ccc(CCc2cc(N=CN3CCOCC3)on2)cc1. The van der Waals surface area contributed by atoms with Gasteiger partial charge in [-0.2, -0.15) is 0 Å². The maximum atomic E-state index is 13.9. The molecule has 0 unspecified atom stereocenters. The normalized spacial score (nSPS) is 14.7. The Kier molecular flexibility index (Phi) is 5.77. The molecule has 1 saturated heterocycles. The van der Waals surface area contributed by atoms with Gasteiger partial charge in [0.15, 0.2) is 0 Å². The van der Waals surface area contributed by atoms with Gasteiger partial charge in [-0.3, -0.25) is 0 Å². The summed E-state index contributed by atoms with van der Waals surface area (Å²) < 4.78 is 24.5. The number of aryl methyl sites for hydroxylation is 2. The zero-order valence-corrected chi connectivity index (χ0v) is 15.6. The van der Waals surface area contributed by atoms with Crippen LogP contribution < -0.4 is 0 Å². The van der Waals surface area contributed by atoms with E-state index in [1.165, 1.54) is 11.6 Å². The number of aliphatic imine (C=N–C) groups is 1. The Morgan fingerprint density at radius 1 is 1.04 bits per heavy atom. The van der Waals surface area contributed by atoms with Crippen molar-refractivity contribution in [2.75, 3.05) is 26.3 Å². The molecule has 5 nitrogen and oxygen atoms in total. The van der Waals surface area contributed by atoms with Crippen molar-refractivity contribution in [2.45, 2.75) is 12.8 Å². The third-order valence-electron chi connectivity index (χ3n) is 4.75. The number of hydrogen-bond acceptors (Lipinski definition) is 4. The van der Waals surface area contributed by atoms with Crippen LogP contribution in [0.2, 0.25) is 0 Å². The first-order chi connectivity index (χ1) is 13.8. The largest absolute Gasteiger partial charge is 0.378 e. The number of benzene rings is 2. The van der Waals surface area contributed by atoms with Gasteiger partial charge in [0.25, 0.3) is 5.88 Å². The summed E-state index contributed by atoms with van der Waals surface area (Å²) in [5.74, 6) is 0.305. The van der Waals surface area contributed by atoms with Gasteiger partial charge in [0.1, 0.15) is 5.82 Å². The van der Waals surface area contributed by atoms with E-state index in [0.29, 0.717) is 11.4 Å². The third kappa shape index (κ3) is 4.64. The highest BCUT2D eigenvalue weighted by Crippen LogP contribution is 2.23. The van der Waals surface area contributed by atoms with Crippen molar-refractivity contribution in [2.24, 2.45) is 4.99 Å². The predicted molar refractivity (Wildman–Crippen MR) is 106 cm³/mol. The van der Waals surface area contributed by atoms with Crippen molar-refractivity contribution >= 4 is 12.2 Å². The number of rotatable bonds is 6. The standard InChI is InChI=1S/C22H22FN3O2/c23-21-4-2-1-3-20(21)18-8-5-17(6-9-18)7-10-19-15-22(28-25-19)24-16-26-11-13-27-14-12-26/h1-6,8-9,15-16H,7,10-14H2. The topological polar surface area (TPSA) is 50.9 Å². The van der Waals surface area contributed by atoms with Gasteiger partial charge in [-0.05, 0) is 30.0 Å². The summed E-state index contributed by atoms with van der Waals surface area (Å²) in [5.41, 5.74) is 3.53. The van der Waals surface area contributed by atoms with E-state index in [9.17, 15) is 4.39 Å². The highest BCUT2D eigenvalue weighted by molar-refractivity contribution is 5.64. The Bertz CT molecular complexity index is 931. The molecule has 6 heteroatoms. The molecule has 0 spiro atoms. The van der Waals surface area contributed by atoms with E-state index in [2.05, 4.69) is 15.0 Å². The Balaban J connectivity index is 1.33. The Morgan fingerprint density at radius 3 is 2.61 bits per heavy atom. The molecule has 2 heterocycles. The lowest BCUT2D eigenvalue weighted by Gasteiger charge is -2.23. The highest BCUT2D eigenvalue weighted by atomic mass is 19.1. The molecule has 0 saturated carbocycles. The van der Waals surface area contributed by atoms with Gasteiger partial charge in [-0.15, -0.1) is 0 Å². The van der Waals surface area contributed by atoms with Crippen molar-refractivity contribution in [3.8, 4) is 11.1 Å². The monoisotopic (exact) mass is 379 g/mol. The van der Waals surface area contributed by atoms with Crippen LogP contribution in [0.25, 0.3) is 11.1 Å². The number of aromatic nitrogens is 1. The van der Waals surface area contributed by atoms with Gasteiger partial charge >= 0.3 is 0 Å². The predicted octanol–water partition coefficient (Wildman–Crippen LogP) is 4.26. The fraction of sp³-hybridized carbons (Fsp3) is 0.273. The second kappa shape index (κ2) is 8.80. The van der Waals surface area contributed by atoms with E-state index >= 15 is 0 Å². The molecule has 0 atom stereocenters. The molecule has 0 amide bonds. The first kappa shape index (κ1) is 18.4. The van der Waals surface area contributed by atoms with Crippen LogP contribution in [0, 0.1) is 5.82 Å². The first-order valence-electron chi connectivity index (χ1n) is 9.43. The average Bonchev–Trinajstić information content (AvgIpc) is 3.20. The van der Waals surface area contributed by atoms with Gasteiger partial charge in [-0.25, -0.2) is 9.38 Å². The number of halogens is 1. The minimum atomic E-state index is -0.206. The van der Waals surface area contributed by atoms with E-state index in [-0.39, 0.29) is 5.82 Å². The molecule has 0 aliphatic carbocycles. The molecule has 1 aliphatic rings. The molecular formula is C22H22FN3O2. The van der Waals surface area contributed by atoms with Gasteiger partial charge in [0.2, 0.25) is 0 Å². The minimum Gasteiger partial charge on any atom is -0.378 e. The lowest BCUT2D eigenvalue weighted by molar-refractivity contribution is 0.0700. The van der Waals surface area contributed by atoms with Crippen LogP contribution >= 0.6 is 0 Å². The second-order valence-corrected chi connectivity index (χ2v) is 6.73. The molecule has 1 aromatic heterocycles. The lowest BCUT2D eigenvalue weighted by Crippen LogP contribution is -2.34. The van der Waals surface area contributed by atoms with E-state index in [4.69, 9.17) is 9.26 Å².